The highest BCUT2D eigenvalue weighted by molar-refractivity contribution is 6.17. The van der Waals surface area contributed by atoms with Gasteiger partial charge in [-0.05, 0) is 19.8 Å². The lowest BCUT2D eigenvalue weighted by molar-refractivity contribution is 0.0522. The van der Waals surface area contributed by atoms with Crippen molar-refractivity contribution in [3.8, 4) is 0 Å². The van der Waals surface area contributed by atoms with Crippen molar-refractivity contribution in [2.24, 2.45) is 5.92 Å². The fourth-order valence-electron chi connectivity index (χ4n) is 1.76. The average molecular weight is 259 g/mol. The number of esters is 1. The Balaban J connectivity index is 3.16. The van der Waals surface area contributed by atoms with Gasteiger partial charge in [-0.1, -0.05) is 13.8 Å². The second-order valence-electron chi connectivity index (χ2n) is 4.39. The maximum atomic E-state index is 11.9. The zero-order valence-corrected chi connectivity index (χ0v) is 11.6. The Labute approximate surface area is 107 Å². The standard InChI is InChI=1S/C13H19ClO3/c1-5-16-13(15)12-10(7-14)9(4)17-11(12)6-8(2)3/h8H,5-7H2,1-4H3. The Kier molecular flexibility index (Phi) is 5.06. The summed E-state index contributed by atoms with van der Waals surface area (Å²) in [6, 6.07) is 0. The van der Waals surface area contributed by atoms with Crippen LogP contribution in [-0.4, -0.2) is 12.6 Å². The van der Waals surface area contributed by atoms with E-state index in [0.29, 0.717) is 36.0 Å². The molecule has 0 aliphatic heterocycles. The van der Waals surface area contributed by atoms with E-state index in [9.17, 15) is 4.79 Å². The monoisotopic (exact) mass is 258 g/mol. The van der Waals surface area contributed by atoms with E-state index in [4.69, 9.17) is 20.8 Å². The van der Waals surface area contributed by atoms with Gasteiger partial charge in [-0.2, -0.15) is 0 Å². The molecule has 0 atom stereocenters. The van der Waals surface area contributed by atoms with Crippen LogP contribution in [0.1, 0.15) is 48.2 Å². The van der Waals surface area contributed by atoms with Crippen molar-refractivity contribution < 1.29 is 13.9 Å². The smallest absolute Gasteiger partial charge is 0.342 e. The molecule has 0 unspecified atom stereocenters. The van der Waals surface area contributed by atoms with Crippen LogP contribution < -0.4 is 0 Å². The van der Waals surface area contributed by atoms with Crippen LogP contribution in [0.2, 0.25) is 0 Å². The van der Waals surface area contributed by atoms with E-state index >= 15 is 0 Å². The molecule has 0 aromatic carbocycles. The molecule has 0 radical (unpaired) electrons. The van der Waals surface area contributed by atoms with Crippen molar-refractivity contribution in [3.05, 3.63) is 22.6 Å². The molecule has 1 aromatic rings. The summed E-state index contributed by atoms with van der Waals surface area (Å²) in [7, 11) is 0. The quantitative estimate of drug-likeness (QED) is 0.597. The number of rotatable bonds is 5. The molecule has 0 aliphatic carbocycles. The Morgan fingerprint density at radius 3 is 2.59 bits per heavy atom. The van der Waals surface area contributed by atoms with Gasteiger partial charge in [0.05, 0.1) is 12.5 Å². The van der Waals surface area contributed by atoms with Gasteiger partial charge in [-0.3, -0.25) is 0 Å². The number of ether oxygens (including phenoxy) is 1. The van der Waals surface area contributed by atoms with E-state index in [2.05, 4.69) is 13.8 Å². The summed E-state index contributed by atoms with van der Waals surface area (Å²) in [5.41, 5.74) is 1.27. The first-order chi connectivity index (χ1) is 8.01. The summed E-state index contributed by atoms with van der Waals surface area (Å²) in [4.78, 5) is 11.9. The molecule has 3 nitrogen and oxygen atoms in total. The Hall–Kier alpha value is -0.960. The van der Waals surface area contributed by atoms with E-state index in [-0.39, 0.29) is 11.8 Å². The predicted octanol–water partition coefficient (Wildman–Crippen LogP) is 3.70. The number of aryl methyl sites for hydroxylation is 1. The number of hydrogen-bond donors (Lipinski definition) is 0. The van der Waals surface area contributed by atoms with Crippen LogP contribution in [0, 0.1) is 12.8 Å². The van der Waals surface area contributed by atoms with Crippen LogP contribution in [0.15, 0.2) is 4.42 Å². The Morgan fingerprint density at radius 1 is 1.47 bits per heavy atom. The molecule has 0 aliphatic rings. The van der Waals surface area contributed by atoms with Crippen molar-refractivity contribution >= 4 is 17.6 Å². The maximum absolute atomic E-state index is 11.9. The molecule has 0 spiro atoms. The molecule has 1 aromatic heterocycles. The first-order valence-corrected chi connectivity index (χ1v) is 6.38. The van der Waals surface area contributed by atoms with E-state index in [1.807, 2.05) is 6.92 Å². The molecule has 0 N–H and O–H groups in total. The van der Waals surface area contributed by atoms with Gasteiger partial charge in [0.2, 0.25) is 0 Å². The maximum Gasteiger partial charge on any atom is 0.342 e. The SMILES string of the molecule is CCOC(=O)c1c(CC(C)C)oc(C)c1CCl. The molecule has 0 bridgehead atoms. The van der Waals surface area contributed by atoms with Gasteiger partial charge in [-0.15, -0.1) is 11.6 Å². The van der Waals surface area contributed by atoms with E-state index in [1.165, 1.54) is 0 Å². The van der Waals surface area contributed by atoms with Crippen LogP contribution in [0.4, 0.5) is 0 Å². The molecule has 96 valence electrons. The molecular weight excluding hydrogens is 240 g/mol. The third-order valence-corrected chi connectivity index (χ3v) is 2.76. The topological polar surface area (TPSA) is 39.4 Å². The zero-order chi connectivity index (χ0) is 13.0. The number of halogens is 1. The number of carbonyl (C=O) groups excluding carboxylic acids is 1. The van der Waals surface area contributed by atoms with Gasteiger partial charge in [-0.25, -0.2) is 4.79 Å². The Bertz CT molecular complexity index is 394. The van der Waals surface area contributed by atoms with Crippen LogP contribution in [0.5, 0.6) is 0 Å². The van der Waals surface area contributed by atoms with E-state index < -0.39 is 0 Å². The highest BCUT2D eigenvalue weighted by Gasteiger charge is 2.24. The van der Waals surface area contributed by atoms with Crippen LogP contribution in [0.3, 0.4) is 0 Å². The van der Waals surface area contributed by atoms with Crippen LogP contribution in [0.25, 0.3) is 0 Å². The molecule has 0 fully saturated rings. The lowest BCUT2D eigenvalue weighted by Crippen LogP contribution is -2.09. The lowest BCUT2D eigenvalue weighted by atomic mass is 10.0. The first kappa shape index (κ1) is 14.1. The van der Waals surface area contributed by atoms with Crippen molar-refractivity contribution in [3.63, 3.8) is 0 Å². The minimum Gasteiger partial charge on any atom is -0.465 e. The molecular formula is C13H19ClO3. The summed E-state index contributed by atoms with van der Waals surface area (Å²) in [5, 5.41) is 0. The Morgan fingerprint density at radius 2 is 2.12 bits per heavy atom. The van der Waals surface area contributed by atoms with Crippen LogP contribution >= 0.6 is 11.6 Å². The number of alkyl halides is 1. The summed E-state index contributed by atoms with van der Waals surface area (Å²) in [6.45, 7) is 8.11. The van der Waals surface area contributed by atoms with E-state index in [0.717, 1.165) is 5.56 Å². The molecule has 0 saturated carbocycles. The minimum absolute atomic E-state index is 0.265. The number of carbonyl (C=O) groups is 1. The van der Waals surface area contributed by atoms with Gasteiger partial charge in [0.25, 0.3) is 0 Å². The minimum atomic E-state index is -0.337. The average Bonchev–Trinajstić information content (AvgIpc) is 2.53. The van der Waals surface area contributed by atoms with Crippen molar-refractivity contribution in [2.45, 2.75) is 40.0 Å². The van der Waals surface area contributed by atoms with Gasteiger partial charge in [0.15, 0.2) is 0 Å². The van der Waals surface area contributed by atoms with Crippen molar-refractivity contribution in [1.82, 2.24) is 0 Å². The fourth-order valence-corrected chi connectivity index (χ4v) is 2.08. The molecule has 17 heavy (non-hydrogen) atoms. The molecule has 1 rings (SSSR count). The third-order valence-electron chi connectivity index (χ3n) is 2.49. The van der Waals surface area contributed by atoms with Gasteiger partial charge in [0, 0.05) is 12.0 Å². The van der Waals surface area contributed by atoms with Crippen molar-refractivity contribution in [2.75, 3.05) is 6.61 Å². The molecule has 4 heteroatoms. The predicted molar refractivity (Wildman–Crippen MR) is 67.5 cm³/mol. The summed E-state index contributed by atoms with van der Waals surface area (Å²) >= 11 is 5.86. The van der Waals surface area contributed by atoms with Crippen LogP contribution in [-0.2, 0) is 17.0 Å². The highest BCUT2D eigenvalue weighted by Crippen LogP contribution is 2.27. The highest BCUT2D eigenvalue weighted by atomic mass is 35.5. The van der Waals surface area contributed by atoms with Gasteiger partial charge in [0.1, 0.15) is 17.1 Å². The van der Waals surface area contributed by atoms with Gasteiger partial charge >= 0.3 is 5.97 Å². The summed E-state index contributed by atoms with van der Waals surface area (Å²) in [5.74, 6) is 1.74. The van der Waals surface area contributed by atoms with E-state index in [1.54, 1.807) is 6.92 Å². The van der Waals surface area contributed by atoms with Crippen molar-refractivity contribution in [1.29, 1.82) is 0 Å². The molecule has 1 heterocycles. The van der Waals surface area contributed by atoms with Gasteiger partial charge < -0.3 is 9.15 Å². The zero-order valence-electron chi connectivity index (χ0n) is 10.8. The third kappa shape index (κ3) is 3.25. The fraction of sp³-hybridized carbons (Fsp3) is 0.615. The first-order valence-electron chi connectivity index (χ1n) is 5.85. The largest absolute Gasteiger partial charge is 0.465 e. The normalized spacial score (nSPS) is 10.9. The lowest BCUT2D eigenvalue weighted by Gasteiger charge is -2.06. The molecule has 0 amide bonds. The molecule has 0 saturated heterocycles. The second kappa shape index (κ2) is 6.10. The summed E-state index contributed by atoms with van der Waals surface area (Å²) in [6.07, 6.45) is 0.714. The summed E-state index contributed by atoms with van der Waals surface area (Å²) < 4.78 is 10.7. The second-order valence-corrected chi connectivity index (χ2v) is 4.65. The number of furan rings is 1. The number of hydrogen-bond acceptors (Lipinski definition) is 3.